The van der Waals surface area contributed by atoms with Crippen molar-refractivity contribution in [2.45, 2.75) is 76.3 Å². The van der Waals surface area contributed by atoms with Crippen molar-refractivity contribution in [1.82, 2.24) is 4.90 Å². The largest absolute Gasteiger partial charge is 0.294 e. The summed E-state index contributed by atoms with van der Waals surface area (Å²) < 4.78 is 0. The van der Waals surface area contributed by atoms with Crippen LogP contribution in [-0.2, 0) is 6.42 Å². The number of hydrogen-bond donors (Lipinski definition) is 0. The number of rotatable bonds is 4. The topological polar surface area (TPSA) is 3.24 Å². The van der Waals surface area contributed by atoms with Gasteiger partial charge in [0, 0.05) is 11.6 Å². The molecule has 1 heterocycles. The summed E-state index contributed by atoms with van der Waals surface area (Å²) >= 11 is 0. The van der Waals surface area contributed by atoms with Gasteiger partial charge in [0.25, 0.3) is 0 Å². The molecule has 0 radical (unpaired) electrons. The summed E-state index contributed by atoms with van der Waals surface area (Å²) in [5, 5.41) is 0. The average Bonchev–Trinajstić information content (AvgIpc) is 2.80. The van der Waals surface area contributed by atoms with Gasteiger partial charge in [-0.25, -0.2) is 0 Å². The Morgan fingerprint density at radius 1 is 1.05 bits per heavy atom. The summed E-state index contributed by atoms with van der Waals surface area (Å²) in [5.74, 6) is 0. The van der Waals surface area contributed by atoms with Crippen LogP contribution >= 0.6 is 0 Å². The van der Waals surface area contributed by atoms with Crippen molar-refractivity contribution in [3.8, 4) is 0 Å². The first-order valence-electron chi connectivity index (χ1n) is 8.65. The molecule has 20 heavy (non-hydrogen) atoms. The predicted molar refractivity (Wildman–Crippen MR) is 86.0 cm³/mol. The smallest absolute Gasteiger partial charge is 0.0213 e. The standard InChI is InChI=1S/C19H29N/c1-2-15-20-18(16-17-9-5-3-6-10-17)11-14-19(20)12-7-4-8-13-19/h3,5-6,9-10,18H,2,4,7-8,11-16H2,1H3. The Morgan fingerprint density at radius 2 is 1.80 bits per heavy atom. The summed E-state index contributed by atoms with van der Waals surface area (Å²) in [6.07, 6.45) is 12.7. The van der Waals surface area contributed by atoms with Gasteiger partial charge in [-0.05, 0) is 50.6 Å². The minimum absolute atomic E-state index is 0.577. The van der Waals surface area contributed by atoms with Crippen LogP contribution in [0.5, 0.6) is 0 Å². The van der Waals surface area contributed by atoms with Gasteiger partial charge in [-0.1, -0.05) is 56.5 Å². The minimum atomic E-state index is 0.577. The van der Waals surface area contributed by atoms with Crippen LogP contribution in [0.25, 0.3) is 0 Å². The van der Waals surface area contributed by atoms with Gasteiger partial charge in [-0.3, -0.25) is 4.90 Å². The monoisotopic (exact) mass is 271 g/mol. The molecular weight excluding hydrogens is 242 g/mol. The molecule has 1 saturated heterocycles. The van der Waals surface area contributed by atoms with Crippen LogP contribution in [0.1, 0.15) is 63.9 Å². The van der Waals surface area contributed by atoms with E-state index < -0.39 is 0 Å². The zero-order chi connectivity index (χ0) is 13.8. The van der Waals surface area contributed by atoms with Gasteiger partial charge in [-0.15, -0.1) is 0 Å². The molecule has 3 rings (SSSR count). The zero-order valence-electron chi connectivity index (χ0n) is 13.0. The number of benzene rings is 1. The molecule has 1 spiro atoms. The summed E-state index contributed by atoms with van der Waals surface area (Å²) in [4.78, 5) is 2.92. The molecule has 1 aliphatic heterocycles. The second-order valence-corrected chi connectivity index (χ2v) is 6.86. The Bertz CT molecular complexity index is 405. The van der Waals surface area contributed by atoms with Crippen molar-refractivity contribution in [2.24, 2.45) is 0 Å². The molecule has 1 heteroatoms. The van der Waals surface area contributed by atoms with Gasteiger partial charge in [0.1, 0.15) is 0 Å². The van der Waals surface area contributed by atoms with E-state index in [1.807, 2.05) is 0 Å². The average molecular weight is 271 g/mol. The SMILES string of the molecule is CCCN1C(Cc2ccccc2)CCC12CCCCC2. The molecule has 110 valence electrons. The Hall–Kier alpha value is -0.820. The normalized spacial score (nSPS) is 26.1. The predicted octanol–water partition coefficient (Wildman–Crippen LogP) is 4.81. The van der Waals surface area contributed by atoms with Crippen molar-refractivity contribution < 1.29 is 0 Å². The molecule has 1 aromatic rings. The Kier molecular flexibility index (Phi) is 4.45. The maximum atomic E-state index is 2.92. The number of hydrogen-bond acceptors (Lipinski definition) is 1. The van der Waals surface area contributed by atoms with Crippen LogP contribution in [0.4, 0.5) is 0 Å². The highest BCUT2D eigenvalue weighted by atomic mass is 15.2. The van der Waals surface area contributed by atoms with Gasteiger partial charge in [0.15, 0.2) is 0 Å². The molecule has 2 aliphatic rings. The maximum absolute atomic E-state index is 2.92. The molecule has 0 amide bonds. The lowest BCUT2D eigenvalue weighted by Crippen LogP contribution is -2.49. The van der Waals surface area contributed by atoms with E-state index in [0.717, 1.165) is 6.04 Å². The third kappa shape index (κ3) is 2.79. The first-order valence-corrected chi connectivity index (χ1v) is 8.65. The summed E-state index contributed by atoms with van der Waals surface area (Å²) in [6.45, 7) is 3.64. The van der Waals surface area contributed by atoms with Crippen LogP contribution in [0.2, 0.25) is 0 Å². The third-order valence-electron chi connectivity index (χ3n) is 5.56. The second-order valence-electron chi connectivity index (χ2n) is 6.86. The van der Waals surface area contributed by atoms with E-state index in [2.05, 4.69) is 42.2 Å². The van der Waals surface area contributed by atoms with Crippen molar-refractivity contribution in [3.63, 3.8) is 0 Å². The third-order valence-corrected chi connectivity index (χ3v) is 5.56. The van der Waals surface area contributed by atoms with Crippen LogP contribution in [-0.4, -0.2) is 23.0 Å². The van der Waals surface area contributed by atoms with Crippen LogP contribution in [0.15, 0.2) is 30.3 Å². The number of nitrogens with zero attached hydrogens (tertiary/aromatic N) is 1. The van der Waals surface area contributed by atoms with Gasteiger partial charge < -0.3 is 0 Å². The van der Waals surface area contributed by atoms with E-state index in [1.165, 1.54) is 69.9 Å². The fourth-order valence-electron chi connectivity index (χ4n) is 4.63. The molecule has 0 N–H and O–H groups in total. The molecule has 1 atom stereocenters. The molecule has 1 aliphatic carbocycles. The highest BCUT2D eigenvalue weighted by Gasteiger charge is 2.45. The molecule has 0 bridgehead atoms. The quantitative estimate of drug-likeness (QED) is 0.760. The molecular formula is C19H29N. The fraction of sp³-hybridized carbons (Fsp3) is 0.684. The van der Waals surface area contributed by atoms with Crippen molar-refractivity contribution in [1.29, 1.82) is 0 Å². The van der Waals surface area contributed by atoms with E-state index in [-0.39, 0.29) is 0 Å². The Balaban J connectivity index is 1.74. The van der Waals surface area contributed by atoms with Gasteiger partial charge in [0.2, 0.25) is 0 Å². The van der Waals surface area contributed by atoms with Crippen LogP contribution < -0.4 is 0 Å². The van der Waals surface area contributed by atoms with Crippen molar-refractivity contribution in [3.05, 3.63) is 35.9 Å². The zero-order valence-corrected chi connectivity index (χ0v) is 13.0. The van der Waals surface area contributed by atoms with E-state index in [4.69, 9.17) is 0 Å². The van der Waals surface area contributed by atoms with Crippen molar-refractivity contribution in [2.75, 3.05) is 6.54 Å². The van der Waals surface area contributed by atoms with Gasteiger partial charge in [-0.2, -0.15) is 0 Å². The first-order chi connectivity index (χ1) is 9.84. The molecule has 1 saturated carbocycles. The lowest BCUT2D eigenvalue weighted by molar-refractivity contribution is 0.0629. The van der Waals surface area contributed by atoms with Gasteiger partial charge in [0.05, 0.1) is 0 Å². The molecule has 2 fully saturated rings. The Labute approximate surface area is 124 Å². The highest BCUT2D eigenvalue weighted by molar-refractivity contribution is 5.17. The first kappa shape index (κ1) is 14.1. The fourth-order valence-corrected chi connectivity index (χ4v) is 4.63. The Morgan fingerprint density at radius 3 is 2.50 bits per heavy atom. The molecule has 1 aromatic carbocycles. The van der Waals surface area contributed by atoms with E-state index in [1.54, 1.807) is 0 Å². The maximum Gasteiger partial charge on any atom is 0.0213 e. The molecule has 1 nitrogen and oxygen atoms in total. The minimum Gasteiger partial charge on any atom is -0.294 e. The lowest BCUT2D eigenvalue weighted by Gasteiger charge is -2.44. The number of likely N-dealkylation sites (tertiary alicyclic amines) is 1. The molecule has 0 aromatic heterocycles. The van der Waals surface area contributed by atoms with E-state index >= 15 is 0 Å². The van der Waals surface area contributed by atoms with E-state index in [9.17, 15) is 0 Å². The van der Waals surface area contributed by atoms with Crippen LogP contribution in [0.3, 0.4) is 0 Å². The highest BCUT2D eigenvalue weighted by Crippen LogP contribution is 2.45. The summed E-state index contributed by atoms with van der Waals surface area (Å²) in [7, 11) is 0. The van der Waals surface area contributed by atoms with Crippen LogP contribution in [0, 0.1) is 0 Å². The lowest BCUT2D eigenvalue weighted by atomic mass is 9.80. The van der Waals surface area contributed by atoms with E-state index in [0.29, 0.717) is 5.54 Å². The summed E-state index contributed by atoms with van der Waals surface area (Å²) in [5.41, 5.74) is 2.10. The molecule has 1 unspecified atom stereocenters. The second kappa shape index (κ2) is 6.30. The van der Waals surface area contributed by atoms with Gasteiger partial charge >= 0.3 is 0 Å². The summed E-state index contributed by atoms with van der Waals surface area (Å²) in [6, 6.07) is 11.9. The van der Waals surface area contributed by atoms with Crippen molar-refractivity contribution >= 4 is 0 Å².